The van der Waals surface area contributed by atoms with Gasteiger partial charge in [-0.3, -0.25) is 14.5 Å². The molecule has 1 fully saturated rings. The number of piperazine rings is 1. The van der Waals surface area contributed by atoms with Crippen LogP contribution in [-0.2, 0) is 16.0 Å². The first-order valence-electron chi connectivity index (χ1n) is 8.70. The average molecular weight is 386 g/mol. The van der Waals surface area contributed by atoms with Crippen molar-refractivity contribution in [3.05, 3.63) is 33.8 Å². The highest BCUT2D eigenvalue weighted by Crippen LogP contribution is 2.23. The van der Waals surface area contributed by atoms with Gasteiger partial charge in [0.1, 0.15) is 0 Å². The summed E-state index contributed by atoms with van der Waals surface area (Å²) < 4.78 is 0. The summed E-state index contributed by atoms with van der Waals surface area (Å²) in [6, 6.07) is 5.27. The molecule has 1 aliphatic heterocycles. The van der Waals surface area contributed by atoms with E-state index < -0.39 is 0 Å². The van der Waals surface area contributed by atoms with Crippen LogP contribution in [0.3, 0.4) is 0 Å². The fourth-order valence-corrected chi connectivity index (χ4v) is 3.08. The Morgan fingerprint density at radius 3 is 2.48 bits per heavy atom. The minimum absolute atomic E-state index is 0.0593. The molecule has 1 aromatic carbocycles. The second kappa shape index (κ2) is 10.00. The first kappa shape index (κ1) is 20.0. The summed E-state index contributed by atoms with van der Waals surface area (Å²) in [6.07, 6.45) is 2.39. The van der Waals surface area contributed by atoms with Crippen LogP contribution in [0.4, 0.5) is 0 Å². The predicted molar refractivity (Wildman–Crippen MR) is 101 cm³/mol. The Morgan fingerprint density at radius 1 is 1.12 bits per heavy atom. The summed E-state index contributed by atoms with van der Waals surface area (Å²) in [5.74, 6) is 0.134. The molecule has 0 atom stereocenters. The molecule has 1 aliphatic rings. The Hall–Kier alpha value is -1.30. The molecule has 0 radical (unpaired) electrons. The second-order valence-corrected chi connectivity index (χ2v) is 7.10. The fraction of sp³-hybridized carbons (Fsp3) is 0.556. The van der Waals surface area contributed by atoms with Gasteiger partial charge in [0.05, 0.1) is 23.0 Å². The molecular formula is C18H25Cl2N3O2. The quantitative estimate of drug-likeness (QED) is 0.733. The van der Waals surface area contributed by atoms with Crippen molar-refractivity contribution in [1.82, 2.24) is 15.1 Å². The van der Waals surface area contributed by atoms with E-state index in [1.165, 1.54) is 0 Å². The van der Waals surface area contributed by atoms with Gasteiger partial charge in [0.25, 0.3) is 0 Å². The molecule has 138 valence electrons. The lowest BCUT2D eigenvalue weighted by Crippen LogP contribution is -2.51. The molecule has 1 N–H and O–H groups in total. The lowest BCUT2D eigenvalue weighted by molar-refractivity contribution is -0.132. The third-order valence-electron chi connectivity index (χ3n) is 4.28. The lowest BCUT2D eigenvalue weighted by atomic mass is 10.1. The summed E-state index contributed by atoms with van der Waals surface area (Å²) in [7, 11) is 0. The Kier molecular flexibility index (Phi) is 8.00. The van der Waals surface area contributed by atoms with Crippen LogP contribution >= 0.6 is 23.2 Å². The van der Waals surface area contributed by atoms with E-state index >= 15 is 0 Å². The maximum Gasteiger partial charge on any atom is 0.234 e. The number of hydrogen-bond donors (Lipinski definition) is 1. The van der Waals surface area contributed by atoms with Gasteiger partial charge in [0, 0.05) is 32.7 Å². The number of carbonyl (C=O) groups excluding carboxylic acids is 2. The lowest BCUT2D eigenvalue weighted by Gasteiger charge is -2.34. The van der Waals surface area contributed by atoms with Crippen LogP contribution in [0.1, 0.15) is 25.3 Å². The second-order valence-electron chi connectivity index (χ2n) is 6.29. The molecule has 0 aromatic heterocycles. The van der Waals surface area contributed by atoms with Gasteiger partial charge in [0.15, 0.2) is 0 Å². The molecule has 1 saturated heterocycles. The smallest absolute Gasteiger partial charge is 0.234 e. The molecule has 2 rings (SSSR count). The first-order valence-corrected chi connectivity index (χ1v) is 9.46. The van der Waals surface area contributed by atoms with Crippen molar-refractivity contribution in [3.8, 4) is 0 Å². The van der Waals surface area contributed by atoms with Crippen LogP contribution in [0, 0.1) is 0 Å². The van der Waals surface area contributed by atoms with Crippen LogP contribution in [-0.4, -0.2) is 60.9 Å². The molecule has 1 heterocycles. The molecule has 0 bridgehead atoms. The number of nitrogens with one attached hydrogen (secondary N) is 1. The van der Waals surface area contributed by atoms with Gasteiger partial charge in [-0.1, -0.05) is 42.6 Å². The topological polar surface area (TPSA) is 52.7 Å². The van der Waals surface area contributed by atoms with Crippen molar-refractivity contribution in [1.29, 1.82) is 0 Å². The number of unbranched alkanes of at least 4 members (excludes halogenated alkanes) is 1. The van der Waals surface area contributed by atoms with E-state index in [4.69, 9.17) is 23.2 Å². The van der Waals surface area contributed by atoms with Crippen LogP contribution in [0.15, 0.2) is 18.2 Å². The fourth-order valence-electron chi connectivity index (χ4n) is 2.75. The first-order chi connectivity index (χ1) is 12.0. The summed E-state index contributed by atoms with van der Waals surface area (Å²) in [5, 5.41) is 3.88. The van der Waals surface area contributed by atoms with E-state index in [2.05, 4.69) is 17.1 Å². The number of benzene rings is 1. The van der Waals surface area contributed by atoms with Crippen molar-refractivity contribution in [3.63, 3.8) is 0 Å². The molecule has 0 spiro atoms. The number of nitrogens with zero attached hydrogens (tertiary/aromatic N) is 2. The van der Waals surface area contributed by atoms with Crippen LogP contribution in [0.25, 0.3) is 0 Å². The van der Waals surface area contributed by atoms with E-state index in [1.54, 1.807) is 12.1 Å². The maximum absolute atomic E-state index is 12.4. The average Bonchev–Trinajstić information content (AvgIpc) is 2.59. The molecule has 7 heteroatoms. The Labute approximate surface area is 159 Å². The van der Waals surface area contributed by atoms with Gasteiger partial charge in [-0.15, -0.1) is 0 Å². The van der Waals surface area contributed by atoms with Crippen molar-refractivity contribution in [2.75, 3.05) is 39.3 Å². The molecule has 5 nitrogen and oxygen atoms in total. The molecule has 25 heavy (non-hydrogen) atoms. The van der Waals surface area contributed by atoms with Crippen LogP contribution in [0.2, 0.25) is 10.0 Å². The minimum atomic E-state index is 0.0593. The van der Waals surface area contributed by atoms with Crippen molar-refractivity contribution in [2.45, 2.75) is 26.2 Å². The van der Waals surface area contributed by atoms with Crippen molar-refractivity contribution >= 4 is 35.0 Å². The Balaban J connectivity index is 1.74. The molecule has 0 aliphatic carbocycles. The molecular weight excluding hydrogens is 361 g/mol. The van der Waals surface area contributed by atoms with Crippen molar-refractivity contribution in [2.24, 2.45) is 0 Å². The number of amides is 2. The standard InChI is InChI=1S/C18H25Cl2N3O2/c1-2-3-6-21-17(24)13-22-7-9-23(10-8-22)18(25)12-14-4-5-15(19)16(20)11-14/h4-5,11H,2-3,6-10,12-13H2,1H3,(H,21,24). The van der Waals surface area contributed by atoms with Crippen molar-refractivity contribution < 1.29 is 9.59 Å². The van der Waals surface area contributed by atoms with Crippen LogP contribution in [0.5, 0.6) is 0 Å². The van der Waals surface area contributed by atoms with E-state index in [9.17, 15) is 9.59 Å². The third-order valence-corrected chi connectivity index (χ3v) is 5.02. The Morgan fingerprint density at radius 2 is 1.84 bits per heavy atom. The zero-order valence-electron chi connectivity index (χ0n) is 14.6. The highest BCUT2D eigenvalue weighted by molar-refractivity contribution is 6.42. The van der Waals surface area contributed by atoms with Gasteiger partial charge in [-0.2, -0.15) is 0 Å². The number of hydrogen-bond acceptors (Lipinski definition) is 3. The molecule has 2 amide bonds. The number of rotatable bonds is 7. The predicted octanol–water partition coefficient (Wildman–Crippen LogP) is 2.60. The van der Waals surface area contributed by atoms with Gasteiger partial charge in [-0.25, -0.2) is 0 Å². The highest BCUT2D eigenvalue weighted by Gasteiger charge is 2.22. The van der Waals surface area contributed by atoms with Crippen LogP contribution < -0.4 is 5.32 Å². The van der Waals surface area contributed by atoms with E-state index in [0.29, 0.717) is 49.2 Å². The van der Waals surface area contributed by atoms with Gasteiger partial charge >= 0.3 is 0 Å². The van der Waals surface area contributed by atoms with E-state index in [1.807, 2.05) is 11.0 Å². The minimum Gasteiger partial charge on any atom is -0.355 e. The summed E-state index contributed by atoms with van der Waals surface area (Å²) in [4.78, 5) is 28.2. The summed E-state index contributed by atoms with van der Waals surface area (Å²) >= 11 is 11.9. The van der Waals surface area contributed by atoms with Gasteiger partial charge in [0.2, 0.25) is 11.8 Å². The largest absolute Gasteiger partial charge is 0.355 e. The third kappa shape index (κ3) is 6.49. The molecule has 0 saturated carbocycles. The van der Waals surface area contributed by atoms with Gasteiger partial charge in [-0.05, 0) is 24.1 Å². The van der Waals surface area contributed by atoms with E-state index in [-0.39, 0.29) is 11.8 Å². The van der Waals surface area contributed by atoms with Gasteiger partial charge < -0.3 is 10.2 Å². The maximum atomic E-state index is 12.4. The normalized spacial score (nSPS) is 15.2. The monoisotopic (exact) mass is 385 g/mol. The zero-order valence-corrected chi connectivity index (χ0v) is 16.1. The number of halogens is 2. The SMILES string of the molecule is CCCCNC(=O)CN1CCN(C(=O)Cc2ccc(Cl)c(Cl)c2)CC1. The number of carbonyl (C=O) groups is 2. The molecule has 0 unspecified atom stereocenters. The van der Waals surface area contributed by atoms with E-state index in [0.717, 1.165) is 24.9 Å². The molecule has 1 aromatic rings. The zero-order chi connectivity index (χ0) is 18.2. The summed E-state index contributed by atoms with van der Waals surface area (Å²) in [5.41, 5.74) is 0.858. The Bertz CT molecular complexity index is 602. The summed E-state index contributed by atoms with van der Waals surface area (Å²) in [6.45, 7) is 5.95. The highest BCUT2D eigenvalue weighted by atomic mass is 35.5.